The number of hydrogen-bond acceptors (Lipinski definition) is 4. The van der Waals surface area contributed by atoms with E-state index < -0.39 is 5.97 Å². The van der Waals surface area contributed by atoms with E-state index in [0.717, 1.165) is 4.90 Å². The van der Waals surface area contributed by atoms with Gasteiger partial charge in [0.1, 0.15) is 5.69 Å². The number of carboxylic acids is 1. The molecule has 2 N–H and O–H groups in total. The highest BCUT2D eigenvalue weighted by atomic mass is 32.2. The Morgan fingerprint density at radius 2 is 1.95 bits per heavy atom. The maximum Gasteiger partial charge on any atom is 0.354 e. The van der Waals surface area contributed by atoms with Crippen LogP contribution in [0, 0.1) is 0 Å². The Morgan fingerprint density at radius 1 is 1.20 bits per heavy atom. The van der Waals surface area contributed by atoms with Crippen molar-refractivity contribution >= 4 is 29.3 Å². The molecule has 1 amide bonds. The van der Waals surface area contributed by atoms with Crippen LogP contribution in [0.5, 0.6) is 0 Å². The maximum atomic E-state index is 12.1. The molecule has 20 heavy (non-hydrogen) atoms. The summed E-state index contributed by atoms with van der Waals surface area (Å²) in [5.41, 5.74) is 0.964. The van der Waals surface area contributed by atoms with Crippen molar-refractivity contribution in [2.45, 2.75) is 4.90 Å². The second-order valence-corrected chi connectivity index (χ2v) is 4.74. The predicted molar refractivity (Wildman–Crippen MR) is 77.4 cm³/mol. The van der Waals surface area contributed by atoms with E-state index in [-0.39, 0.29) is 11.6 Å². The molecule has 102 valence electrons. The fourth-order valence-electron chi connectivity index (χ4n) is 1.62. The van der Waals surface area contributed by atoms with Crippen LogP contribution in [0.3, 0.4) is 0 Å². The van der Waals surface area contributed by atoms with Crippen LogP contribution in [0.1, 0.15) is 20.8 Å². The first-order valence-corrected chi connectivity index (χ1v) is 6.98. The molecule has 0 radical (unpaired) electrons. The summed E-state index contributed by atoms with van der Waals surface area (Å²) in [6.07, 6.45) is 3.22. The quantitative estimate of drug-likeness (QED) is 0.846. The van der Waals surface area contributed by atoms with Crippen LogP contribution >= 0.6 is 11.8 Å². The molecule has 0 atom stereocenters. The summed E-state index contributed by atoms with van der Waals surface area (Å²) in [5, 5.41) is 11.4. The molecule has 0 aliphatic carbocycles. The number of carbonyl (C=O) groups is 2. The van der Waals surface area contributed by atoms with E-state index in [4.69, 9.17) is 5.11 Å². The van der Waals surface area contributed by atoms with E-state index in [2.05, 4.69) is 10.3 Å². The smallest absolute Gasteiger partial charge is 0.354 e. The minimum atomic E-state index is -1.10. The number of amides is 1. The third-order valence-electron chi connectivity index (χ3n) is 2.59. The molecule has 0 bridgehead atoms. The topological polar surface area (TPSA) is 79.3 Å². The Hall–Kier alpha value is -2.34. The summed E-state index contributed by atoms with van der Waals surface area (Å²) in [5.74, 6) is -1.35. The Labute approximate surface area is 120 Å². The first-order chi connectivity index (χ1) is 9.61. The van der Waals surface area contributed by atoms with E-state index in [9.17, 15) is 9.59 Å². The number of nitrogens with zero attached hydrogens (tertiary/aromatic N) is 1. The maximum absolute atomic E-state index is 12.1. The Balaban J connectivity index is 2.17. The van der Waals surface area contributed by atoms with Crippen molar-refractivity contribution in [2.75, 3.05) is 11.6 Å². The lowest BCUT2D eigenvalue weighted by Crippen LogP contribution is -2.13. The van der Waals surface area contributed by atoms with Crippen molar-refractivity contribution in [1.82, 2.24) is 4.98 Å². The molecule has 0 unspecified atom stereocenters. The highest BCUT2D eigenvalue weighted by molar-refractivity contribution is 7.98. The first-order valence-electron chi connectivity index (χ1n) is 5.75. The zero-order valence-electron chi connectivity index (χ0n) is 10.7. The summed E-state index contributed by atoms with van der Waals surface area (Å²) in [6, 6.07) is 10.1. The highest BCUT2D eigenvalue weighted by Crippen LogP contribution is 2.21. The van der Waals surface area contributed by atoms with Crippen LogP contribution < -0.4 is 5.32 Å². The fraction of sp³-hybridized carbons (Fsp3) is 0.0714. The molecule has 1 aromatic carbocycles. The molecule has 1 heterocycles. The van der Waals surface area contributed by atoms with Crippen LogP contribution in [0.2, 0.25) is 0 Å². The molecule has 6 heteroatoms. The summed E-state index contributed by atoms with van der Waals surface area (Å²) in [7, 11) is 0. The van der Waals surface area contributed by atoms with Gasteiger partial charge >= 0.3 is 5.97 Å². The fourth-order valence-corrected chi connectivity index (χ4v) is 2.22. The summed E-state index contributed by atoms with van der Waals surface area (Å²) in [6.45, 7) is 0. The van der Waals surface area contributed by atoms with Crippen molar-refractivity contribution in [2.24, 2.45) is 0 Å². The highest BCUT2D eigenvalue weighted by Gasteiger charge is 2.11. The molecular formula is C14H12N2O3S. The number of thioether (sulfide) groups is 1. The molecule has 5 nitrogen and oxygen atoms in total. The van der Waals surface area contributed by atoms with E-state index >= 15 is 0 Å². The molecule has 0 saturated carbocycles. The number of aromatic carboxylic acids is 1. The predicted octanol–water partition coefficient (Wildman–Crippen LogP) is 2.75. The Kier molecular flexibility index (Phi) is 4.37. The van der Waals surface area contributed by atoms with E-state index in [0.29, 0.717) is 11.3 Å². The average molecular weight is 288 g/mol. The van der Waals surface area contributed by atoms with Gasteiger partial charge in [0, 0.05) is 4.90 Å². The summed E-state index contributed by atoms with van der Waals surface area (Å²) < 4.78 is 0. The zero-order chi connectivity index (χ0) is 14.5. The van der Waals surface area contributed by atoms with Crippen molar-refractivity contribution in [3.05, 3.63) is 53.9 Å². The number of hydrogen-bond donors (Lipinski definition) is 2. The Bertz CT molecular complexity index is 641. The molecule has 0 saturated heterocycles. The van der Waals surface area contributed by atoms with Crippen LogP contribution in [-0.2, 0) is 0 Å². The van der Waals surface area contributed by atoms with Crippen molar-refractivity contribution in [3.63, 3.8) is 0 Å². The van der Waals surface area contributed by atoms with Gasteiger partial charge in [-0.25, -0.2) is 9.78 Å². The largest absolute Gasteiger partial charge is 0.477 e. The monoisotopic (exact) mass is 288 g/mol. The van der Waals surface area contributed by atoms with Gasteiger partial charge in [-0.15, -0.1) is 11.8 Å². The third kappa shape index (κ3) is 3.16. The van der Waals surface area contributed by atoms with Gasteiger partial charge in [-0.1, -0.05) is 12.1 Å². The van der Waals surface area contributed by atoms with E-state index in [1.54, 1.807) is 12.1 Å². The van der Waals surface area contributed by atoms with E-state index in [1.165, 1.54) is 30.1 Å². The van der Waals surface area contributed by atoms with Crippen LogP contribution in [-0.4, -0.2) is 28.2 Å². The molecule has 2 rings (SSSR count). The third-order valence-corrected chi connectivity index (χ3v) is 3.39. The zero-order valence-corrected chi connectivity index (χ0v) is 11.5. The van der Waals surface area contributed by atoms with Gasteiger partial charge in [0.2, 0.25) is 0 Å². The van der Waals surface area contributed by atoms with Crippen molar-refractivity contribution in [1.29, 1.82) is 0 Å². The van der Waals surface area contributed by atoms with Gasteiger partial charge in [-0.05, 0) is 30.5 Å². The number of aromatic nitrogens is 1. The number of nitrogens with one attached hydrogen (secondary N) is 1. The SMILES string of the molecule is CSc1ccccc1C(=O)Nc1ccc(C(=O)O)nc1. The first kappa shape index (κ1) is 14.1. The van der Waals surface area contributed by atoms with Gasteiger partial charge in [0.15, 0.2) is 0 Å². The molecule has 0 aliphatic heterocycles. The van der Waals surface area contributed by atoms with Gasteiger partial charge in [0.05, 0.1) is 17.4 Å². The molecule has 0 aliphatic rings. The van der Waals surface area contributed by atoms with Crippen molar-refractivity contribution in [3.8, 4) is 0 Å². The number of anilines is 1. The minimum Gasteiger partial charge on any atom is -0.477 e. The van der Waals surface area contributed by atoms with Gasteiger partial charge in [0.25, 0.3) is 5.91 Å². The molecule has 0 fully saturated rings. The standard InChI is InChI=1S/C14H12N2O3S/c1-20-12-5-3-2-4-10(12)13(17)16-9-6-7-11(14(18)19)15-8-9/h2-8H,1H3,(H,16,17)(H,18,19). The summed E-state index contributed by atoms with van der Waals surface area (Å²) in [4.78, 5) is 27.5. The lowest BCUT2D eigenvalue weighted by atomic mass is 10.2. The van der Waals surface area contributed by atoms with E-state index in [1.807, 2.05) is 18.4 Å². The number of rotatable bonds is 4. The van der Waals surface area contributed by atoms with Gasteiger partial charge in [-0.3, -0.25) is 4.79 Å². The molecule has 1 aromatic heterocycles. The number of benzene rings is 1. The van der Waals surface area contributed by atoms with Crippen molar-refractivity contribution < 1.29 is 14.7 Å². The lowest BCUT2D eigenvalue weighted by Gasteiger charge is -2.08. The van der Waals surface area contributed by atoms with Gasteiger partial charge in [-0.2, -0.15) is 0 Å². The van der Waals surface area contributed by atoms with Crippen LogP contribution in [0.15, 0.2) is 47.5 Å². The lowest BCUT2D eigenvalue weighted by molar-refractivity contribution is 0.0690. The average Bonchev–Trinajstić information content (AvgIpc) is 2.47. The minimum absolute atomic E-state index is 0.0625. The molecule has 0 spiro atoms. The number of pyridine rings is 1. The normalized spacial score (nSPS) is 10.1. The second kappa shape index (κ2) is 6.21. The van der Waals surface area contributed by atoms with Crippen LogP contribution in [0.25, 0.3) is 0 Å². The Morgan fingerprint density at radius 3 is 2.55 bits per heavy atom. The molecule has 2 aromatic rings. The summed E-state index contributed by atoms with van der Waals surface area (Å²) >= 11 is 1.49. The number of carbonyl (C=O) groups excluding carboxylic acids is 1. The van der Waals surface area contributed by atoms with Gasteiger partial charge < -0.3 is 10.4 Å². The molecular weight excluding hydrogens is 276 g/mol. The van der Waals surface area contributed by atoms with Crippen LogP contribution in [0.4, 0.5) is 5.69 Å². The number of carboxylic acid groups (broad SMARTS) is 1. The second-order valence-electron chi connectivity index (χ2n) is 3.89.